The summed E-state index contributed by atoms with van der Waals surface area (Å²) in [5.41, 5.74) is 0.511. The fourth-order valence-corrected chi connectivity index (χ4v) is 3.84. The Morgan fingerprint density at radius 2 is 1.87 bits per heavy atom. The van der Waals surface area contributed by atoms with Gasteiger partial charge < -0.3 is 19.8 Å². The van der Waals surface area contributed by atoms with Gasteiger partial charge in [-0.3, -0.25) is 9.69 Å². The van der Waals surface area contributed by atoms with Gasteiger partial charge in [-0.1, -0.05) is 32.9 Å². The van der Waals surface area contributed by atoms with Gasteiger partial charge in [0.15, 0.2) is 5.75 Å². The Labute approximate surface area is 181 Å². The summed E-state index contributed by atoms with van der Waals surface area (Å²) in [7, 11) is 1.59. The molecule has 1 aromatic carbocycles. The van der Waals surface area contributed by atoms with Gasteiger partial charge >= 0.3 is 11.7 Å². The molecule has 1 saturated heterocycles. The van der Waals surface area contributed by atoms with Crippen LogP contribution in [-0.4, -0.2) is 68.7 Å². The molecule has 0 aliphatic carbocycles. The number of carbonyl (C=O) groups is 1. The van der Waals surface area contributed by atoms with Crippen LogP contribution in [0.15, 0.2) is 35.3 Å². The first-order valence-corrected chi connectivity index (χ1v) is 10.2. The van der Waals surface area contributed by atoms with E-state index in [0.29, 0.717) is 31.7 Å². The van der Waals surface area contributed by atoms with Crippen molar-refractivity contribution < 1.29 is 19.7 Å². The molecule has 1 atom stereocenters. The molecule has 1 amide bonds. The minimum atomic E-state index is -0.926. The van der Waals surface area contributed by atoms with Gasteiger partial charge in [0.1, 0.15) is 5.75 Å². The van der Waals surface area contributed by atoms with Gasteiger partial charge in [0, 0.05) is 31.7 Å². The highest BCUT2D eigenvalue weighted by Crippen LogP contribution is 2.29. The van der Waals surface area contributed by atoms with Crippen LogP contribution in [0, 0.1) is 5.41 Å². The summed E-state index contributed by atoms with van der Waals surface area (Å²) in [6.45, 7) is 8.01. The van der Waals surface area contributed by atoms with Crippen LogP contribution >= 0.6 is 0 Å². The number of ether oxygens (including phenoxy) is 1. The summed E-state index contributed by atoms with van der Waals surface area (Å²) < 4.78 is 6.36. The molecule has 168 valence electrons. The zero-order chi connectivity index (χ0) is 22.8. The number of hydrogen-bond acceptors (Lipinski definition) is 6. The van der Waals surface area contributed by atoms with Crippen molar-refractivity contribution in [1.82, 2.24) is 19.6 Å². The molecular formula is C22H30N4O5. The van der Waals surface area contributed by atoms with Crippen LogP contribution in [0.4, 0.5) is 4.79 Å². The molecule has 3 rings (SSSR count). The van der Waals surface area contributed by atoms with E-state index in [1.807, 2.05) is 32.9 Å². The Bertz CT molecular complexity index is 981. The number of aromatic nitrogens is 2. The van der Waals surface area contributed by atoms with E-state index >= 15 is 0 Å². The zero-order valence-electron chi connectivity index (χ0n) is 18.4. The van der Waals surface area contributed by atoms with Gasteiger partial charge in [0.2, 0.25) is 0 Å². The summed E-state index contributed by atoms with van der Waals surface area (Å²) in [6.07, 6.45) is 0.584. The molecular weight excluding hydrogens is 400 g/mol. The Hall–Kier alpha value is -3.07. The number of amides is 1. The smallest absolute Gasteiger partial charge is 0.407 e. The number of hydrogen-bond donors (Lipinski definition) is 2. The Morgan fingerprint density at radius 1 is 1.19 bits per heavy atom. The van der Waals surface area contributed by atoms with Gasteiger partial charge in [0.25, 0.3) is 0 Å². The van der Waals surface area contributed by atoms with Crippen LogP contribution in [0.25, 0.3) is 0 Å². The van der Waals surface area contributed by atoms with Gasteiger partial charge in [-0.15, -0.1) is 0 Å². The lowest BCUT2D eigenvalue weighted by molar-refractivity contribution is 0.0187. The molecule has 0 bridgehead atoms. The van der Waals surface area contributed by atoms with Gasteiger partial charge in [-0.2, -0.15) is 5.10 Å². The maximum absolute atomic E-state index is 12.6. The summed E-state index contributed by atoms with van der Waals surface area (Å²) in [5, 5.41) is 24.3. The van der Waals surface area contributed by atoms with Crippen LogP contribution in [0.1, 0.15) is 31.9 Å². The summed E-state index contributed by atoms with van der Waals surface area (Å²) in [5.74, 6) is 0.398. The minimum Gasteiger partial charge on any atom is -0.503 e. The molecule has 1 fully saturated rings. The van der Waals surface area contributed by atoms with Crippen LogP contribution in [0.2, 0.25) is 0 Å². The van der Waals surface area contributed by atoms with Crippen LogP contribution in [0.5, 0.6) is 11.5 Å². The van der Waals surface area contributed by atoms with Crippen LogP contribution in [0.3, 0.4) is 0 Å². The molecule has 9 heteroatoms. The van der Waals surface area contributed by atoms with Crippen molar-refractivity contribution in [3.63, 3.8) is 0 Å². The molecule has 2 N–H and O–H groups in total. The first-order chi connectivity index (χ1) is 14.6. The number of nitrogens with zero attached hydrogens (tertiary/aromatic N) is 4. The summed E-state index contributed by atoms with van der Waals surface area (Å²) in [4.78, 5) is 27.8. The third kappa shape index (κ3) is 5.16. The van der Waals surface area contributed by atoms with Crippen molar-refractivity contribution in [2.75, 3.05) is 26.7 Å². The van der Waals surface area contributed by atoms with Crippen LogP contribution in [-0.2, 0) is 13.1 Å². The second kappa shape index (κ2) is 8.97. The zero-order valence-corrected chi connectivity index (χ0v) is 18.4. The van der Waals surface area contributed by atoms with E-state index < -0.39 is 11.7 Å². The fourth-order valence-electron chi connectivity index (χ4n) is 3.84. The molecule has 1 aromatic heterocycles. The fraction of sp³-hybridized carbons (Fsp3) is 0.500. The predicted molar refractivity (Wildman–Crippen MR) is 116 cm³/mol. The highest BCUT2D eigenvalue weighted by atomic mass is 16.5. The maximum Gasteiger partial charge on any atom is 0.407 e. The molecule has 31 heavy (non-hydrogen) atoms. The number of benzene rings is 1. The lowest BCUT2D eigenvalue weighted by atomic mass is 9.84. The van der Waals surface area contributed by atoms with E-state index in [1.54, 1.807) is 19.2 Å². The van der Waals surface area contributed by atoms with Gasteiger partial charge in [-0.25, -0.2) is 9.48 Å². The average molecular weight is 431 g/mol. The molecule has 1 aliphatic rings. The molecule has 0 spiro atoms. The third-order valence-electron chi connectivity index (χ3n) is 5.69. The monoisotopic (exact) mass is 430 g/mol. The number of aromatic hydroxyl groups is 1. The van der Waals surface area contributed by atoms with Gasteiger partial charge in [0.05, 0.1) is 25.9 Å². The van der Waals surface area contributed by atoms with Crippen molar-refractivity contribution in [1.29, 1.82) is 0 Å². The predicted octanol–water partition coefficient (Wildman–Crippen LogP) is 2.22. The lowest BCUT2D eigenvalue weighted by Gasteiger charge is -2.46. The standard InChI is InChI=1S/C22H30N4O5/c1-22(2,3)18-14-24(9-10-25(18)21(29)30)13-16-11-23-26(20(28)19(16)27)12-15-5-7-17(31-4)8-6-15/h5-8,11,18,27H,9-10,12-14H2,1-4H3,(H,29,30). The summed E-state index contributed by atoms with van der Waals surface area (Å²) in [6, 6.07) is 7.09. The molecule has 0 radical (unpaired) electrons. The highest BCUT2D eigenvalue weighted by molar-refractivity contribution is 5.65. The second-order valence-electron chi connectivity index (χ2n) is 8.92. The SMILES string of the molecule is COc1ccc(Cn2ncc(CN3CCN(C(=O)O)C(C(C)(C)C)C3)c(O)c2=O)cc1. The molecule has 2 aromatic rings. The molecule has 1 unspecified atom stereocenters. The number of carboxylic acid groups (broad SMARTS) is 1. The number of methoxy groups -OCH3 is 1. The van der Waals surface area contributed by atoms with Crippen molar-refractivity contribution in [3.05, 3.63) is 51.9 Å². The average Bonchev–Trinajstić information content (AvgIpc) is 2.73. The van der Waals surface area contributed by atoms with Crippen molar-refractivity contribution >= 4 is 6.09 Å². The topological polar surface area (TPSA) is 108 Å². The lowest BCUT2D eigenvalue weighted by Crippen LogP contribution is -2.59. The van der Waals surface area contributed by atoms with E-state index in [9.17, 15) is 19.8 Å². The van der Waals surface area contributed by atoms with E-state index in [2.05, 4.69) is 10.00 Å². The van der Waals surface area contributed by atoms with Crippen molar-refractivity contribution in [3.8, 4) is 11.5 Å². The van der Waals surface area contributed by atoms with Crippen LogP contribution < -0.4 is 10.3 Å². The highest BCUT2D eigenvalue weighted by Gasteiger charge is 2.38. The Balaban J connectivity index is 1.74. The first-order valence-electron chi connectivity index (χ1n) is 10.2. The van der Waals surface area contributed by atoms with E-state index in [4.69, 9.17) is 4.74 Å². The maximum atomic E-state index is 12.6. The second-order valence-corrected chi connectivity index (χ2v) is 8.92. The van der Waals surface area contributed by atoms with E-state index in [0.717, 1.165) is 11.3 Å². The largest absolute Gasteiger partial charge is 0.503 e. The normalized spacial score (nSPS) is 17.5. The third-order valence-corrected chi connectivity index (χ3v) is 5.69. The molecule has 0 saturated carbocycles. The Morgan fingerprint density at radius 3 is 2.45 bits per heavy atom. The molecule has 2 heterocycles. The first kappa shape index (κ1) is 22.6. The minimum absolute atomic E-state index is 0.190. The van der Waals surface area contributed by atoms with Crippen molar-refractivity contribution in [2.45, 2.75) is 39.9 Å². The quantitative estimate of drug-likeness (QED) is 0.749. The van der Waals surface area contributed by atoms with Gasteiger partial charge in [-0.05, 0) is 23.1 Å². The van der Waals surface area contributed by atoms with E-state index in [1.165, 1.54) is 15.8 Å². The van der Waals surface area contributed by atoms with Crippen molar-refractivity contribution in [2.24, 2.45) is 5.41 Å². The number of piperazine rings is 1. The van der Waals surface area contributed by atoms with E-state index in [-0.39, 0.29) is 23.8 Å². The molecule has 9 nitrogen and oxygen atoms in total. The molecule has 1 aliphatic heterocycles. The summed E-state index contributed by atoms with van der Waals surface area (Å²) >= 11 is 0. The Kier molecular flexibility index (Phi) is 6.54. The number of rotatable bonds is 5.